The molecule has 1 aliphatic rings. The van der Waals surface area contributed by atoms with Gasteiger partial charge >= 0.3 is 6.09 Å². The summed E-state index contributed by atoms with van der Waals surface area (Å²) in [7, 11) is 0. The highest BCUT2D eigenvalue weighted by Crippen LogP contribution is 2.27. The van der Waals surface area contributed by atoms with E-state index in [1.807, 2.05) is 0 Å². The molecule has 1 saturated heterocycles. The second-order valence-electron chi connectivity index (χ2n) is 5.35. The highest BCUT2D eigenvalue weighted by Gasteiger charge is 2.21. The van der Waals surface area contributed by atoms with Crippen molar-refractivity contribution in [2.24, 2.45) is 0 Å². The van der Waals surface area contributed by atoms with Gasteiger partial charge in [0.25, 0.3) is 0 Å². The first-order chi connectivity index (χ1) is 11.0. The maximum Gasteiger partial charge on any atom is 0.407 e. The molecule has 0 bridgehead atoms. The molecule has 0 radical (unpaired) electrons. The predicted molar refractivity (Wildman–Crippen MR) is 81.8 cm³/mol. The normalized spacial score (nSPS) is 15.8. The Hall–Kier alpha value is -2.12. The predicted octanol–water partition coefficient (Wildman–Crippen LogP) is 2.93. The van der Waals surface area contributed by atoms with Crippen LogP contribution in [0.3, 0.4) is 0 Å². The lowest BCUT2D eigenvalue weighted by Crippen LogP contribution is -2.47. The highest BCUT2D eigenvalue weighted by atomic mass is 35.5. The second-order valence-corrected chi connectivity index (χ2v) is 5.79. The molecule has 1 aromatic carbocycles. The first-order valence-corrected chi connectivity index (χ1v) is 7.52. The number of carboxylic acid groups (broad SMARTS) is 1. The van der Waals surface area contributed by atoms with E-state index in [2.05, 4.69) is 10.1 Å². The Morgan fingerprint density at radius 2 is 2.04 bits per heavy atom. The van der Waals surface area contributed by atoms with E-state index in [1.165, 1.54) is 23.1 Å². The number of piperazine rings is 1. The van der Waals surface area contributed by atoms with Crippen molar-refractivity contribution in [1.29, 1.82) is 0 Å². The molecule has 1 amide bonds. The number of hydrogen-bond acceptors (Lipinski definition) is 4. The van der Waals surface area contributed by atoms with Crippen LogP contribution in [-0.4, -0.2) is 52.3 Å². The van der Waals surface area contributed by atoms with Crippen LogP contribution in [0.15, 0.2) is 28.8 Å². The van der Waals surface area contributed by atoms with Crippen LogP contribution in [0.25, 0.3) is 11.3 Å². The quantitative estimate of drug-likeness (QED) is 0.931. The number of carbonyl (C=O) groups is 1. The lowest BCUT2D eigenvalue weighted by molar-refractivity contribution is 0.102. The Kier molecular flexibility index (Phi) is 4.49. The van der Waals surface area contributed by atoms with Gasteiger partial charge in [-0.25, -0.2) is 9.18 Å². The topological polar surface area (TPSA) is 69.8 Å². The summed E-state index contributed by atoms with van der Waals surface area (Å²) < 4.78 is 19.0. The number of benzene rings is 1. The van der Waals surface area contributed by atoms with Crippen LogP contribution in [0.1, 0.15) is 5.69 Å². The summed E-state index contributed by atoms with van der Waals surface area (Å²) in [6.45, 7) is 2.70. The largest absolute Gasteiger partial charge is 0.465 e. The fourth-order valence-electron chi connectivity index (χ4n) is 2.53. The second kappa shape index (κ2) is 6.55. The van der Waals surface area contributed by atoms with Crippen molar-refractivity contribution in [2.45, 2.75) is 6.54 Å². The maximum atomic E-state index is 13.8. The van der Waals surface area contributed by atoms with Crippen LogP contribution in [-0.2, 0) is 6.54 Å². The SMILES string of the molecule is O=C(O)N1CCN(Cc2cc(-c3cc(Cl)ccc3F)on2)CC1. The molecule has 1 fully saturated rings. The zero-order valence-electron chi connectivity index (χ0n) is 12.2. The molecular weight excluding hydrogens is 325 g/mol. The molecule has 0 aliphatic carbocycles. The third-order valence-corrected chi connectivity index (χ3v) is 4.02. The first kappa shape index (κ1) is 15.8. The van der Waals surface area contributed by atoms with Crippen molar-refractivity contribution < 1.29 is 18.8 Å². The van der Waals surface area contributed by atoms with Crippen molar-refractivity contribution in [1.82, 2.24) is 15.0 Å². The molecule has 1 aliphatic heterocycles. The van der Waals surface area contributed by atoms with E-state index in [0.29, 0.717) is 49.2 Å². The Morgan fingerprint density at radius 1 is 1.30 bits per heavy atom. The standard InChI is InChI=1S/C15H15ClFN3O3/c16-10-1-2-13(17)12(7-10)14-8-11(18-23-14)9-19-3-5-20(6-4-19)15(21)22/h1-2,7-8H,3-6,9H2,(H,21,22). The molecule has 6 nitrogen and oxygen atoms in total. The first-order valence-electron chi connectivity index (χ1n) is 7.14. The summed E-state index contributed by atoms with van der Waals surface area (Å²) in [4.78, 5) is 14.3. The zero-order chi connectivity index (χ0) is 16.4. The molecule has 2 aromatic rings. The number of rotatable bonds is 3. The minimum Gasteiger partial charge on any atom is -0.465 e. The molecule has 3 rings (SSSR count). The van der Waals surface area contributed by atoms with Gasteiger partial charge in [-0.15, -0.1) is 0 Å². The van der Waals surface area contributed by atoms with Gasteiger partial charge in [0.15, 0.2) is 5.76 Å². The monoisotopic (exact) mass is 339 g/mol. The van der Waals surface area contributed by atoms with Gasteiger partial charge in [0.05, 0.1) is 11.3 Å². The molecule has 8 heteroatoms. The van der Waals surface area contributed by atoms with Crippen LogP contribution in [0.4, 0.5) is 9.18 Å². The minimum absolute atomic E-state index is 0.270. The van der Waals surface area contributed by atoms with E-state index < -0.39 is 11.9 Å². The summed E-state index contributed by atoms with van der Waals surface area (Å²) >= 11 is 5.88. The van der Waals surface area contributed by atoms with E-state index >= 15 is 0 Å². The van der Waals surface area contributed by atoms with Crippen LogP contribution in [0.5, 0.6) is 0 Å². The number of amides is 1. The number of nitrogens with zero attached hydrogens (tertiary/aromatic N) is 3. The molecule has 0 atom stereocenters. The molecular formula is C15H15ClFN3O3. The maximum absolute atomic E-state index is 13.8. The number of halogens is 2. The van der Waals surface area contributed by atoms with Gasteiger partial charge in [-0.2, -0.15) is 0 Å². The highest BCUT2D eigenvalue weighted by molar-refractivity contribution is 6.30. The van der Waals surface area contributed by atoms with Crippen LogP contribution >= 0.6 is 11.6 Å². The van der Waals surface area contributed by atoms with Gasteiger partial charge < -0.3 is 14.5 Å². The smallest absolute Gasteiger partial charge is 0.407 e. The summed E-state index contributed by atoms with van der Waals surface area (Å²) in [6.07, 6.45) is -0.898. The molecule has 0 spiro atoms. The molecule has 122 valence electrons. The number of hydrogen-bond donors (Lipinski definition) is 1. The van der Waals surface area contributed by atoms with Gasteiger partial charge in [0, 0.05) is 43.8 Å². The van der Waals surface area contributed by atoms with Crippen LogP contribution < -0.4 is 0 Å². The average Bonchev–Trinajstić information content (AvgIpc) is 2.98. The van der Waals surface area contributed by atoms with Gasteiger partial charge in [-0.1, -0.05) is 16.8 Å². The van der Waals surface area contributed by atoms with Crippen molar-refractivity contribution in [3.05, 3.63) is 40.8 Å². The van der Waals surface area contributed by atoms with E-state index in [0.717, 1.165) is 0 Å². The Morgan fingerprint density at radius 3 is 2.74 bits per heavy atom. The third-order valence-electron chi connectivity index (χ3n) is 3.78. The van der Waals surface area contributed by atoms with Gasteiger partial charge in [0.1, 0.15) is 5.82 Å². The van der Waals surface area contributed by atoms with Crippen molar-refractivity contribution >= 4 is 17.7 Å². The van der Waals surface area contributed by atoms with Crippen molar-refractivity contribution in [3.8, 4) is 11.3 Å². The van der Waals surface area contributed by atoms with Gasteiger partial charge in [-0.05, 0) is 18.2 Å². The van der Waals surface area contributed by atoms with Crippen molar-refractivity contribution in [3.63, 3.8) is 0 Å². The molecule has 1 N–H and O–H groups in total. The van der Waals surface area contributed by atoms with Gasteiger partial charge in [-0.3, -0.25) is 4.90 Å². The van der Waals surface area contributed by atoms with Gasteiger partial charge in [0.2, 0.25) is 0 Å². The Bertz CT molecular complexity index is 714. The van der Waals surface area contributed by atoms with E-state index in [9.17, 15) is 9.18 Å². The van der Waals surface area contributed by atoms with Crippen LogP contribution in [0, 0.1) is 5.82 Å². The Balaban J connectivity index is 1.66. The fraction of sp³-hybridized carbons (Fsp3) is 0.333. The lowest BCUT2D eigenvalue weighted by Gasteiger charge is -2.32. The zero-order valence-corrected chi connectivity index (χ0v) is 13.0. The van der Waals surface area contributed by atoms with E-state index in [1.54, 1.807) is 6.07 Å². The number of aromatic nitrogens is 1. The summed E-state index contributed by atoms with van der Waals surface area (Å²) in [5.41, 5.74) is 0.940. The van der Waals surface area contributed by atoms with Crippen LogP contribution in [0.2, 0.25) is 5.02 Å². The lowest BCUT2D eigenvalue weighted by atomic mass is 10.1. The van der Waals surface area contributed by atoms with Crippen molar-refractivity contribution in [2.75, 3.05) is 26.2 Å². The Labute approximate surface area is 137 Å². The summed E-state index contributed by atoms with van der Waals surface area (Å²) in [6, 6.07) is 5.93. The average molecular weight is 340 g/mol. The minimum atomic E-state index is -0.898. The molecule has 2 heterocycles. The summed E-state index contributed by atoms with van der Waals surface area (Å²) in [5.74, 6) is -0.101. The third kappa shape index (κ3) is 3.62. The van der Waals surface area contributed by atoms with E-state index in [-0.39, 0.29) is 5.56 Å². The molecule has 0 unspecified atom stereocenters. The molecule has 0 saturated carbocycles. The molecule has 23 heavy (non-hydrogen) atoms. The molecule has 1 aromatic heterocycles. The van der Waals surface area contributed by atoms with E-state index in [4.69, 9.17) is 21.2 Å². The fourth-order valence-corrected chi connectivity index (χ4v) is 2.70. The summed E-state index contributed by atoms with van der Waals surface area (Å²) in [5, 5.41) is 13.3.